The third kappa shape index (κ3) is 3.57. The summed E-state index contributed by atoms with van der Waals surface area (Å²) in [5.41, 5.74) is 6.31. The quantitative estimate of drug-likeness (QED) is 0.888. The lowest BCUT2D eigenvalue weighted by molar-refractivity contribution is 0.291. The fourth-order valence-electron chi connectivity index (χ4n) is 2.72. The highest BCUT2D eigenvalue weighted by Crippen LogP contribution is 2.28. The molecule has 1 aliphatic heterocycles. The second kappa shape index (κ2) is 6.62. The van der Waals surface area contributed by atoms with Crippen molar-refractivity contribution in [3.05, 3.63) is 28.8 Å². The third-order valence-corrected chi connectivity index (χ3v) is 6.05. The van der Waals surface area contributed by atoms with Crippen molar-refractivity contribution in [1.82, 2.24) is 9.21 Å². The molecule has 0 amide bonds. The lowest BCUT2D eigenvalue weighted by Gasteiger charge is -2.26. The highest BCUT2D eigenvalue weighted by molar-refractivity contribution is 7.89. The number of sulfonamides is 1. The minimum Gasteiger partial charge on any atom is -0.326 e. The maximum absolute atomic E-state index is 12.8. The van der Waals surface area contributed by atoms with Crippen LogP contribution in [-0.4, -0.2) is 50.8 Å². The van der Waals surface area contributed by atoms with Gasteiger partial charge in [0.05, 0.1) is 4.90 Å². The molecule has 1 heterocycles. The van der Waals surface area contributed by atoms with E-state index >= 15 is 0 Å². The van der Waals surface area contributed by atoms with E-state index in [9.17, 15) is 8.42 Å². The second-order valence-electron chi connectivity index (χ2n) is 5.63. The molecule has 0 bridgehead atoms. The Morgan fingerprint density at radius 1 is 1.43 bits per heavy atom. The van der Waals surface area contributed by atoms with Crippen LogP contribution in [0.4, 0.5) is 0 Å². The Balaban J connectivity index is 2.30. The number of halogens is 1. The maximum Gasteiger partial charge on any atom is 0.243 e. The van der Waals surface area contributed by atoms with Gasteiger partial charge in [0, 0.05) is 30.7 Å². The summed E-state index contributed by atoms with van der Waals surface area (Å²) in [4.78, 5) is 2.26. The summed E-state index contributed by atoms with van der Waals surface area (Å²) < 4.78 is 27.2. The van der Waals surface area contributed by atoms with Crippen molar-refractivity contribution >= 4 is 21.6 Å². The fourth-order valence-corrected chi connectivity index (χ4v) is 4.75. The van der Waals surface area contributed by atoms with E-state index in [0.717, 1.165) is 24.9 Å². The molecule has 1 aromatic rings. The molecule has 1 saturated heterocycles. The molecule has 2 rings (SSSR count). The van der Waals surface area contributed by atoms with Crippen molar-refractivity contribution in [3.63, 3.8) is 0 Å². The normalized spacial score (nSPS) is 20.3. The van der Waals surface area contributed by atoms with Crippen LogP contribution in [0.3, 0.4) is 0 Å². The van der Waals surface area contributed by atoms with Gasteiger partial charge in [-0.25, -0.2) is 8.42 Å². The van der Waals surface area contributed by atoms with Gasteiger partial charge in [0.15, 0.2) is 0 Å². The van der Waals surface area contributed by atoms with E-state index in [4.69, 9.17) is 17.3 Å². The molecule has 5 nitrogen and oxygen atoms in total. The topological polar surface area (TPSA) is 66.6 Å². The smallest absolute Gasteiger partial charge is 0.243 e. The van der Waals surface area contributed by atoms with E-state index < -0.39 is 10.0 Å². The van der Waals surface area contributed by atoms with Crippen LogP contribution in [0.5, 0.6) is 0 Å². The molecule has 0 spiro atoms. The van der Waals surface area contributed by atoms with Gasteiger partial charge in [-0.2, -0.15) is 4.31 Å². The van der Waals surface area contributed by atoms with Crippen LogP contribution in [0.25, 0.3) is 0 Å². The molecule has 1 fully saturated rings. The zero-order chi connectivity index (χ0) is 15.6. The Morgan fingerprint density at radius 3 is 2.71 bits per heavy atom. The van der Waals surface area contributed by atoms with Crippen molar-refractivity contribution in [2.24, 2.45) is 5.73 Å². The van der Waals surface area contributed by atoms with Gasteiger partial charge in [0.2, 0.25) is 10.0 Å². The fraction of sp³-hybridized carbons (Fsp3) is 0.571. The van der Waals surface area contributed by atoms with E-state index in [2.05, 4.69) is 0 Å². The van der Waals surface area contributed by atoms with Crippen molar-refractivity contribution in [3.8, 4) is 0 Å². The standard InChI is InChI=1S/C14H22ClN3O2S/c1-17(2)10-12-4-3-7-18(12)21(19,20)13-6-5-11(9-16)14(15)8-13/h5-6,8,12H,3-4,7,9-10,16H2,1-2H3. The predicted molar refractivity (Wildman–Crippen MR) is 84.8 cm³/mol. The Hall–Kier alpha value is -0.660. The third-order valence-electron chi connectivity index (χ3n) is 3.75. The molecule has 2 N–H and O–H groups in total. The average Bonchev–Trinajstić information content (AvgIpc) is 2.86. The van der Waals surface area contributed by atoms with Gasteiger partial charge in [0.25, 0.3) is 0 Å². The van der Waals surface area contributed by atoms with E-state index in [1.54, 1.807) is 16.4 Å². The zero-order valence-electron chi connectivity index (χ0n) is 12.4. The molecular weight excluding hydrogens is 310 g/mol. The van der Waals surface area contributed by atoms with E-state index in [-0.39, 0.29) is 10.9 Å². The Labute approximate surface area is 131 Å². The minimum atomic E-state index is -3.50. The molecule has 1 unspecified atom stereocenters. The monoisotopic (exact) mass is 331 g/mol. The first-order valence-corrected chi connectivity index (χ1v) is 8.83. The van der Waals surface area contributed by atoms with Gasteiger partial charge in [-0.3, -0.25) is 0 Å². The van der Waals surface area contributed by atoms with Crippen LogP contribution < -0.4 is 5.73 Å². The summed E-state index contributed by atoms with van der Waals surface area (Å²) in [6.45, 7) is 1.59. The lowest BCUT2D eigenvalue weighted by Crippen LogP contribution is -2.41. The summed E-state index contributed by atoms with van der Waals surface area (Å²) in [5.74, 6) is 0. The molecule has 1 aliphatic rings. The summed E-state index contributed by atoms with van der Waals surface area (Å²) in [6, 6.07) is 4.81. The van der Waals surface area contributed by atoms with Crippen LogP contribution in [0.2, 0.25) is 5.02 Å². The largest absolute Gasteiger partial charge is 0.326 e. The summed E-state index contributed by atoms with van der Waals surface area (Å²) in [6.07, 6.45) is 1.79. The van der Waals surface area contributed by atoms with Crippen molar-refractivity contribution in [2.75, 3.05) is 27.2 Å². The molecule has 118 valence electrons. The summed E-state index contributed by atoms with van der Waals surface area (Å²) >= 11 is 6.09. The van der Waals surface area contributed by atoms with Gasteiger partial charge < -0.3 is 10.6 Å². The number of nitrogens with two attached hydrogens (primary N) is 1. The Bertz CT molecular complexity index is 604. The lowest BCUT2D eigenvalue weighted by atomic mass is 10.2. The predicted octanol–water partition coefficient (Wildman–Crippen LogP) is 1.51. The van der Waals surface area contributed by atoms with Crippen LogP contribution in [0.1, 0.15) is 18.4 Å². The Kier molecular flexibility index (Phi) is 5.27. The van der Waals surface area contributed by atoms with Crippen LogP contribution >= 0.6 is 11.6 Å². The van der Waals surface area contributed by atoms with Crippen molar-refractivity contribution < 1.29 is 8.42 Å². The highest BCUT2D eigenvalue weighted by Gasteiger charge is 2.35. The van der Waals surface area contributed by atoms with Gasteiger partial charge in [-0.15, -0.1) is 0 Å². The SMILES string of the molecule is CN(C)CC1CCCN1S(=O)(=O)c1ccc(CN)c(Cl)c1. The number of hydrogen-bond acceptors (Lipinski definition) is 4. The summed E-state index contributed by atoms with van der Waals surface area (Å²) in [5, 5.41) is 0.405. The molecule has 1 aromatic carbocycles. The molecule has 0 saturated carbocycles. The molecule has 0 aliphatic carbocycles. The number of hydrogen-bond donors (Lipinski definition) is 1. The molecule has 0 aromatic heterocycles. The minimum absolute atomic E-state index is 0.0259. The van der Waals surface area contributed by atoms with Crippen molar-refractivity contribution in [1.29, 1.82) is 0 Å². The van der Waals surface area contributed by atoms with Gasteiger partial charge >= 0.3 is 0 Å². The number of rotatable bonds is 5. The van der Waals surface area contributed by atoms with Crippen molar-refractivity contribution in [2.45, 2.75) is 30.3 Å². The molecule has 1 atom stereocenters. The molecule has 21 heavy (non-hydrogen) atoms. The van der Waals surface area contributed by atoms with Crippen LogP contribution in [-0.2, 0) is 16.6 Å². The molecule has 0 radical (unpaired) electrons. The first kappa shape index (κ1) is 16.7. The maximum atomic E-state index is 12.8. The number of likely N-dealkylation sites (N-methyl/N-ethyl adjacent to an activating group) is 1. The van der Waals surface area contributed by atoms with Crippen LogP contribution in [0.15, 0.2) is 23.1 Å². The second-order valence-corrected chi connectivity index (χ2v) is 7.93. The zero-order valence-corrected chi connectivity index (χ0v) is 14.0. The Morgan fingerprint density at radius 2 is 2.14 bits per heavy atom. The van der Waals surface area contributed by atoms with Gasteiger partial charge in [0.1, 0.15) is 0 Å². The van der Waals surface area contributed by atoms with E-state index in [1.807, 2.05) is 19.0 Å². The first-order valence-electron chi connectivity index (χ1n) is 7.01. The molecule has 7 heteroatoms. The average molecular weight is 332 g/mol. The number of nitrogens with zero attached hydrogens (tertiary/aromatic N) is 2. The number of benzene rings is 1. The van der Waals surface area contributed by atoms with E-state index in [1.165, 1.54) is 6.07 Å². The first-order chi connectivity index (χ1) is 9.86. The van der Waals surface area contributed by atoms with Crippen LogP contribution in [0, 0.1) is 0 Å². The summed E-state index contributed by atoms with van der Waals surface area (Å²) in [7, 11) is 0.409. The van der Waals surface area contributed by atoms with E-state index in [0.29, 0.717) is 18.1 Å². The van der Waals surface area contributed by atoms with Gasteiger partial charge in [-0.1, -0.05) is 17.7 Å². The highest BCUT2D eigenvalue weighted by atomic mass is 35.5. The van der Waals surface area contributed by atoms with Gasteiger partial charge in [-0.05, 0) is 44.6 Å². The molecular formula is C14H22ClN3O2S.